The molecule has 3 aliphatic rings. The highest BCUT2D eigenvalue weighted by molar-refractivity contribution is 5.31. The third kappa shape index (κ3) is 2.46. The van der Waals surface area contributed by atoms with E-state index in [4.69, 9.17) is 4.98 Å². The maximum absolute atomic E-state index is 4.74. The fourth-order valence-corrected chi connectivity index (χ4v) is 3.92. The van der Waals surface area contributed by atoms with Gasteiger partial charge in [0.15, 0.2) is 0 Å². The number of hydrogen-bond donors (Lipinski definition) is 1. The van der Waals surface area contributed by atoms with Crippen molar-refractivity contribution < 1.29 is 0 Å². The molecule has 0 bridgehead atoms. The Morgan fingerprint density at radius 3 is 2.65 bits per heavy atom. The molecular formula is C16H26N4. The first-order chi connectivity index (χ1) is 9.79. The molecule has 2 heterocycles. The highest BCUT2D eigenvalue weighted by Crippen LogP contribution is 2.35. The fourth-order valence-electron chi connectivity index (χ4n) is 3.92. The third-order valence-corrected chi connectivity index (χ3v) is 5.19. The SMILES string of the molecule is Cc1cn(C2CCN(C3CC3)C2)c(NC2CCCC2)n1. The maximum Gasteiger partial charge on any atom is 0.203 e. The van der Waals surface area contributed by atoms with E-state index in [2.05, 4.69) is 27.9 Å². The van der Waals surface area contributed by atoms with Gasteiger partial charge in [0.05, 0.1) is 11.7 Å². The van der Waals surface area contributed by atoms with Crippen molar-refractivity contribution >= 4 is 5.95 Å². The molecule has 1 unspecified atom stereocenters. The van der Waals surface area contributed by atoms with Gasteiger partial charge in [0.25, 0.3) is 0 Å². The molecule has 1 aromatic heterocycles. The van der Waals surface area contributed by atoms with E-state index in [0.29, 0.717) is 12.1 Å². The summed E-state index contributed by atoms with van der Waals surface area (Å²) in [5.74, 6) is 1.12. The minimum absolute atomic E-state index is 0.626. The minimum atomic E-state index is 0.626. The zero-order valence-electron chi connectivity index (χ0n) is 12.5. The summed E-state index contributed by atoms with van der Waals surface area (Å²) >= 11 is 0. The van der Waals surface area contributed by atoms with Gasteiger partial charge in [-0.15, -0.1) is 0 Å². The van der Waals surface area contributed by atoms with Crippen molar-refractivity contribution in [2.45, 2.75) is 70.0 Å². The number of likely N-dealkylation sites (tertiary alicyclic amines) is 1. The van der Waals surface area contributed by atoms with Crippen LogP contribution in [0.5, 0.6) is 0 Å². The van der Waals surface area contributed by atoms with Crippen LogP contribution in [0.25, 0.3) is 0 Å². The van der Waals surface area contributed by atoms with Crippen molar-refractivity contribution in [3.63, 3.8) is 0 Å². The molecule has 0 amide bonds. The van der Waals surface area contributed by atoms with Gasteiger partial charge in [-0.3, -0.25) is 4.90 Å². The first-order valence-electron chi connectivity index (χ1n) is 8.35. The molecule has 4 heteroatoms. The molecule has 20 heavy (non-hydrogen) atoms. The van der Waals surface area contributed by atoms with Gasteiger partial charge in [-0.2, -0.15) is 0 Å². The molecule has 3 fully saturated rings. The standard InChI is InChI=1S/C16H26N4/c1-12-10-20(15-8-9-19(11-15)14-6-7-14)16(17-12)18-13-4-2-3-5-13/h10,13-15H,2-9,11H2,1H3,(H,17,18). The van der Waals surface area contributed by atoms with E-state index in [-0.39, 0.29) is 0 Å². The van der Waals surface area contributed by atoms with Gasteiger partial charge in [0.2, 0.25) is 5.95 Å². The van der Waals surface area contributed by atoms with E-state index >= 15 is 0 Å². The van der Waals surface area contributed by atoms with Crippen molar-refractivity contribution in [3.8, 4) is 0 Å². The molecule has 0 radical (unpaired) electrons. The molecule has 1 aromatic rings. The first kappa shape index (κ1) is 12.7. The molecule has 1 aliphatic heterocycles. The van der Waals surface area contributed by atoms with Crippen LogP contribution in [0, 0.1) is 6.92 Å². The minimum Gasteiger partial charge on any atom is -0.353 e. The zero-order chi connectivity index (χ0) is 13.5. The van der Waals surface area contributed by atoms with Gasteiger partial charge < -0.3 is 9.88 Å². The van der Waals surface area contributed by atoms with Crippen molar-refractivity contribution in [1.29, 1.82) is 0 Å². The Morgan fingerprint density at radius 2 is 1.90 bits per heavy atom. The summed E-state index contributed by atoms with van der Waals surface area (Å²) in [6.07, 6.45) is 11.7. The number of rotatable bonds is 4. The van der Waals surface area contributed by atoms with Crippen molar-refractivity contribution in [2.75, 3.05) is 18.4 Å². The van der Waals surface area contributed by atoms with Crippen LogP contribution in [0.4, 0.5) is 5.95 Å². The van der Waals surface area contributed by atoms with Crippen LogP contribution in [0.3, 0.4) is 0 Å². The van der Waals surface area contributed by atoms with E-state index < -0.39 is 0 Å². The Balaban J connectivity index is 1.48. The molecule has 1 atom stereocenters. The van der Waals surface area contributed by atoms with E-state index in [1.807, 2.05) is 0 Å². The smallest absolute Gasteiger partial charge is 0.203 e. The summed E-state index contributed by atoms with van der Waals surface area (Å²) in [7, 11) is 0. The van der Waals surface area contributed by atoms with Crippen LogP contribution < -0.4 is 5.32 Å². The second-order valence-corrected chi connectivity index (χ2v) is 6.91. The highest BCUT2D eigenvalue weighted by Gasteiger charge is 2.35. The lowest BCUT2D eigenvalue weighted by Crippen LogP contribution is -2.25. The lowest BCUT2D eigenvalue weighted by molar-refractivity contribution is 0.314. The van der Waals surface area contributed by atoms with Gasteiger partial charge in [-0.05, 0) is 39.0 Å². The van der Waals surface area contributed by atoms with Crippen LogP contribution in [0.1, 0.15) is 56.7 Å². The average Bonchev–Trinajstić information content (AvgIpc) is 2.87. The average molecular weight is 274 g/mol. The monoisotopic (exact) mass is 274 g/mol. The first-order valence-corrected chi connectivity index (χ1v) is 8.35. The number of aromatic nitrogens is 2. The lowest BCUT2D eigenvalue weighted by atomic mass is 10.2. The van der Waals surface area contributed by atoms with Crippen LogP contribution in [-0.2, 0) is 0 Å². The Morgan fingerprint density at radius 1 is 1.10 bits per heavy atom. The predicted octanol–water partition coefficient (Wildman–Crippen LogP) is 2.96. The van der Waals surface area contributed by atoms with Crippen LogP contribution >= 0.6 is 0 Å². The summed E-state index contributed by atoms with van der Waals surface area (Å²) in [6.45, 7) is 4.61. The van der Waals surface area contributed by atoms with Gasteiger partial charge in [-0.1, -0.05) is 12.8 Å². The molecule has 1 N–H and O–H groups in total. The van der Waals surface area contributed by atoms with Gasteiger partial charge in [0, 0.05) is 31.4 Å². The molecule has 1 saturated heterocycles. The topological polar surface area (TPSA) is 33.1 Å². The summed E-state index contributed by atoms with van der Waals surface area (Å²) in [6, 6.07) is 2.17. The summed E-state index contributed by atoms with van der Waals surface area (Å²) in [5, 5.41) is 3.70. The number of nitrogens with zero attached hydrogens (tertiary/aromatic N) is 3. The third-order valence-electron chi connectivity index (χ3n) is 5.19. The molecule has 0 spiro atoms. The fraction of sp³-hybridized carbons (Fsp3) is 0.812. The van der Waals surface area contributed by atoms with E-state index in [1.54, 1.807) is 0 Å². The molecule has 4 rings (SSSR count). The number of aryl methyl sites for hydroxylation is 1. The summed E-state index contributed by atoms with van der Waals surface area (Å²) in [4.78, 5) is 7.42. The summed E-state index contributed by atoms with van der Waals surface area (Å²) in [5.41, 5.74) is 1.15. The molecule has 0 aromatic carbocycles. The Hall–Kier alpha value is -1.03. The number of hydrogen-bond acceptors (Lipinski definition) is 3. The van der Waals surface area contributed by atoms with Crippen LogP contribution in [0.2, 0.25) is 0 Å². The van der Waals surface area contributed by atoms with Gasteiger partial charge >= 0.3 is 0 Å². The highest BCUT2D eigenvalue weighted by atomic mass is 15.3. The van der Waals surface area contributed by atoms with Crippen LogP contribution in [0.15, 0.2) is 6.20 Å². The van der Waals surface area contributed by atoms with Crippen molar-refractivity contribution in [2.24, 2.45) is 0 Å². The second-order valence-electron chi connectivity index (χ2n) is 6.91. The number of anilines is 1. The normalized spacial score (nSPS) is 28.4. The maximum atomic E-state index is 4.74. The second kappa shape index (κ2) is 5.06. The number of imidazole rings is 1. The zero-order valence-corrected chi connectivity index (χ0v) is 12.5. The summed E-state index contributed by atoms with van der Waals surface area (Å²) < 4.78 is 2.43. The molecule has 2 saturated carbocycles. The quantitative estimate of drug-likeness (QED) is 0.916. The van der Waals surface area contributed by atoms with Crippen molar-refractivity contribution in [1.82, 2.24) is 14.5 Å². The van der Waals surface area contributed by atoms with Gasteiger partial charge in [0.1, 0.15) is 0 Å². The van der Waals surface area contributed by atoms with Crippen molar-refractivity contribution in [3.05, 3.63) is 11.9 Å². The van der Waals surface area contributed by atoms with Gasteiger partial charge in [-0.25, -0.2) is 4.98 Å². The predicted molar refractivity (Wildman–Crippen MR) is 81.1 cm³/mol. The lowest BCUT2D eigenvalue weighted by Gasteiger charge is -2.20. The Labute approximate surface area is 121 Å². The molecular weight excluding hydrogens is 248 g/mol. The van der Waals surface area contributed by atoms with E-state index in [1.165, 1.54) is 58.0 Å². The largest absolute Gasteiger partial charge is 0.353 e. The molecule has 4 nitrogen and oxygen atoms in total. The Bertz CT molecular complexity index is 471. The van der Waals surface area contributed by atoms with E-state index in [0.717, 1.165) is 17.7 Å². The Kier molecular flexibility index (Phi) is 3.21. The molecule has 2 aliphatic carbocycles. The molecule has 110 valence electrons. The number of nitrogens with one attached hydrogen (secondary N) is 1. The van der Waals surface area contributed by atoms with E-state index in [9.17, 15) is 0 Å². The van der Waals surface area contributed by atoms with Crippen LogP contribution in [-0.4, -0.2) is 39.6 Å².